The molecule has 1 N–H and O–H groups in total. The fraction of sp³-hybridized carbons (Fsp3) is 0.562. The lowest BCUT2D eigenvalue weighted by Gasteiger charge is -2.21. The molecule has 1 aliphatic heterocycles. The summed E-state index contributed by atoms with van der Waals surface area (Å²) in [4.78, 5) is 14.2. The molecule has 2 rings (SSSR count). The Morgan fingerprint density at radius 1 is 1.16 bits per heavy atom. The summed E-state index contributed by atoms with van der Waals surface area (Å²) in [5.41, 5.74) is 3.48. The van der Waals surface area contributed by atoms with Gasteiger partial charge in [0.1, 0.15) is 0 Å². The molecule has 0 atom stereocenters. The molecule has 1 saturated heterocycles. The van der Waals surface area contributed by atoms with Crippen molar-refractivity contribution >= 4 is 11.6 Å². The van der Waals surface area contributed by atoms with E-state index in [9.17, 15) is 4.79 Å². The van der Waals surface area contributed by atoms with Gasteiger partial charge >= 0.3 is 0 Å². The van der Waals surface area contributed by atoms with E-state index in [2.05, 4.69) is 37.4 Å². The summed E-state index contributed by atoms with van der Waals surface area (Å²) in [6.07, 6.45) is 4.81. The smallest absolute Gasteiger partial charge is 0.241 e. The van der Waals surface area contributed by atoms with E-state index in [4.69, 9.17) is 0 Å². The van der Waals surface area contributed by atoms with Crippen LogP contribution in [0, 0.1) is 13.8 Å². The molecule has 0 unspecified atom stereocenters. The summed E-state index contributed by atoms with van der Waals surface area (Å²) in [6.45, 7) is 6.39. The minimum absolute atomic E-state index is 0.225. The molecular weight excluding hydrogens is 236 g/mol. The second-order valence-corrected chi connectivity index (χ2v) is 5.47. The summed E-state index contributed by atoms with van der Waals surface area (Å²) in [5.74, 6) is 0.225. The van der Waals surface area contributed by atoms with Crippen LogP contribution in [0.15, 0.2) is 18.2 Å². The van der Waals surface area contributed by atoms with E-state index in [0.717, 1.165) is 31.6 Å². The summed E-state index contributed by atoms with van der Waals surface area (Å²) >= 11 is 0. The molecule has 1 aromatic rings. The van der Waals surface area contributed by atoms with Gasteiger partial charge in [-0.3, -0.25) is 4.79 Å². The third-order valence-electron chi connectivity index (χ3n) is 3.78. The van der Waals surface area contributed by atoms with Crippen molar-refractivity contribution in [3.63, 3.8) is 0 Å². The molecule has 1 aromatic carbocycles. The van der Waals surface area contributed by atoms with E-state index in [1.165, 1.54) is 24.0 Å². The number of carbonyl (C=O) groups excluding carboxylic acids is 1. The number of nitrogens with zero attached hydrogens (tertiary/aromatic N) is 1. The molecule has 0 spiro atoms. The number of rotatable bonds is 3. The third kappa shape index (κ3) is 3.98. The Balaban J connectivity index is 1.90. The average molecular weight is 260 g/mol. The SMILES string of the molecule is Cc1ccc(C)c(NCC(=O)N2CCCCCC2)c1. The Hall–Kier alpha value is -1.51. The number of carbonyl (C=O) groups is 1. The zero-order valence-electron chi connectivity index (χ0n) is 12.0. The van der Waals surface area contributed by atoms with Gasteiger partial charge < -0.3 is 10.2 Å². The number of hydrogen-bond donors (Lipinski definition) is 1. The lowest BCUT2D eigenvalue weighted by molar-refractivity contribution is -0.129. The first-order valence-electron chi connectivity index (χ1n) is 7.26. The molecule has 104 valence electrons. The van der Waals surface area contributed by atoms with Crippen molar-refractivity contribution < 1.29 is 4.79 Å². The Kier molecular flexibility index (Phi) is 4.83. The van der Waals surface area contributed by atoms with Crippen molar-refractivity contribution in [2.75, 3.05) is 25.0 Å². The summed E-state index contributed by atoms with van der Waals surface area (Å²) in [7, 11) is 0. The number of hydrogen-bond acceptors (Lipinski definition) is 2. The van der Waals surface area contributed by atoms with E-state index in [-0.39, 0.29) is 5.91 Å². The molecule has 0 bridgehead atoms. The Labute approximate surface area is 116 Å². The van der Waals surface area contributed by atoms with Crippen LogP contribution in [0.2, 0.25) is 0 Å². The number of likely N-dealkylation sites (tertiary alicyclic amines) is 1. The van der Waals surface area contributed by atoms with Gasteiger partial charge in [-0.05, 0) is 43.9 Å². The standard InChI is InChI=1S/C16H24N2O/c1-13-7-8-14(2)15(11-13)17-12-16(19)18-9-5-3-4-6-10-18/h7-8,11,17H,3-6,9-10,12H2,1-2H3. The molecule has 1 heterocycles. The predicted molar refractivity (Wildman–Crippen MR) is 79.5 cm³/mol. The largest absolute Gasteiger partial charge is 0.376 e. The maximum atomic E-state index is 12.2. The van der Waals surface area contributed by atoms with E-state index >= 15 is 0 Å². The second kappa shape index (κ2) is 6.60. The third-order valence-corrected chi connectivity index (χ3v) is 3.78. The molecule has 19 heavy (non-hydrogen) atoms. The normalized spacial score (nSPS) is 16.0. The fourth-order valence-corrected chi connectivity index (χ4v) is 2.53. The Morgan fingerprint density at radius 2 is 1.84 bits per heavy atom. The fourth-order valence-electron chi connectivity index (χ4n) is 2.53. The highest BCUT2D eigenvalue weighted by molar-refractivity contribution is 5.81. The molecule has 1 amide bonds. The number of nitrogens with one attached hydrogen (secondary N) is 1. The van der Waals surface area contributed by atoms with Crippen LogP contribution >= 0.6 is 0 Å². The first-order chi connectivity index (χ1) is 9.16. The molecule has 3 nitrogen and oxygen atoms in total. The predicted octanol–water partition coefficient (Wildman–Crippen LogP) is 3.12. The van der Waals surface area contributed by atoms with Gasteiger partial charge in [0, 0.05) is 18.8 Å². The molecule has 3 heteroatoms. The minimum atomic E-state index is 0.225. The second-order valence-electron chi connectivity index (χ2n) is 5.47. The molecule has 0 saturated carbocycles. The van der Waals surface area contributed by atoms with E-state index < -0.39 is 0 Å². The zero-order chi connectivity index (χ0) is 13.7. The molecular formula is C16H24N2O. The molecule has 1 fully saturated rings. The summed E-state index contributed by atoms with van der Waals surface area (Å²) in [5, 5.41) is 3.28. The van der Waals surface area contributed by atoms with Gasteiger partial charge in [-0.15, -0.1) is 0 Å². The van der Waals surface area contributed by atoms with Crippen molar-refractivity contribution in [2.24, 2.45) is 0 Å². The van der Waals surface area contributed by atoms with Crippen LogP contribution in [0.3, 0.4) is 0 Å². The van der Waals surface area contributed by atoms with Gasteiger partial charge in [-0.1, -0.05) is 25.0 Å². The highest BCUT2D eigenvalue weighted by Gasteiger charge is 2.15. The van der Waals surface area contributed by atoms with E-state index in [0.29, 0.717) is 6.54 Å². The van der Waals surface area contributed by atoms with Crippen LogP contribution < -0.4 is 5.32 Å². The van der Waals surface area contributed by atoms with Gasteiger partial charge in [0.25, 0.3) is 0 Å². The van der Waals surface area contributed by atoms with Crippen molar-refractivity contribution in [3.8, 4) is 0 Å². The maximum absolute atomic E-state index is 12.2. The molecule has 1 aliphatic rings. The number of benzene rings is 1. The summed E-state index contributed by atoms with van der Waals surface area (Å²) < 4.78 is 0. The van der Waals surface area contributed by atoms with Gasteiger partial charge in [-0.2, -0.15) is 0 Å². The maximum Gasteiger partial charge on any atom is 0.241 e. The van der Waals surface area contributed by atoms with Gasteiger partial charge in [-0.25, -0.2) is 0 Å². The van der Waals surface area contributed by atoms with Crippen LogP contribution in [0.1, 0.15) is 36.8 Å². The minimum Gasteiger partial charge on any atom is -0.376 e. The number of amides is 1. The lowest BCUT2D eigenvalue weighted by Crippen LogP contribution is -2.36. The Morgan fingerprint density at radius 3 is 2.53 bits per heavy atom. The van der Waals surface area contributed by atoms with E-state index in [1.54, 1.807) is 0 Å². The topological polar surface area (TPSA) is 32.3 Å². The van der Waals surface area contributed by atoms with Crippen LogP contribution in [0.25, 0.3) is 0 Å². The van der Waals surface area contributed by atoms with E-state index in [1.807, 2.05) is 4.90 Å². The average Bonchev–Trinajstić information content (AvgIpc) is 2.68. The van der Waals surface area contributed by atoms with Crippen LogP contribution in [-0.2, 0) is 4.79 Å². The van der Waals surface area contributed by atoms with Crippen LogP contribution in [0.5, 0.6) is 0 Å². The molecule has 0 aliphatic carbocycles. The van der Waals surface area contributed by atoms with Gasteiger partial charge in [0.05, 0.1) is 6.54 Å². The highest BCUT2D eigenvalue weighted by atomic mass is 16.2. The molecule has 0 aromatic heterocycles. The van der Waals surface area contributed by atoms with Crippen molar-refractivity contribution in [1.82, 2.24) is 4.90 Å². The number of aryl methyl sites for hydroxylation is 2. The summed E-state index contributed by atoms with van der Waals surface area (Å²) in [6, 6.07) is 6.29. The van der Waals surface area contributed by atoms with Gasteiger partial charge in [0.15, 0.2) is 0 Å². The highest BCUT2D eigenvalue weighted by Crippen LogP contribution is 2.16. The lowest BCUT2D eigenvalue weighted by atomic mass is 10.1. The zero-order valence-corrected chi connectivity index (χ0v) is 12.0. The van der Waals surface area contributed by atoms with Crippen molar-refractivity contribution in [1.29, 1.82) is 0 Å². The number of anilines is 1. The monoisotopic (exact) mass is 260 g/mol. The van der Waals surface area contributed by atoms with Crippen molar-refractivity contribution in [2.45, 2.75) is 39.5 Å². The van der Waals surface area contributed by atoms with Crippen molar-refractivity contribution in [3.05, 3.63) is 29.3 Å². The quantitative estimate of drug-likeness (QED) is 0.905. The Bertz CT molecular complexity index is 434. The molecule has 0 radical (unpaired) electrons. The van der Waals surface area contributed by atoms with Crippen LogP contribution in [-0.4, -0.2) is 30.4 Å². The van der Waals surface area contributed by atoms with Crippen LogP contribution in [0.4, 0.5) is 5.69 Å². The first kappa shape index (κ1) is 13.9. The first-order valence-corrected chi connectivity index (χ1v) is 7.26. The van der Waals surface area contributed by atoms with Gasteiger partial charge in [0.2, 0.25) is 5.91 Å².